The molecule has 2 aromatic rings. The van der Waals surface area contributed by atoms with Gasteiger partial charge < -0.3 is 15.4 Å². The van der Waals surface area contributed by atoms with Gasteiger partial charge in [0.05, 0.1) is 24.6 Å². The van der Waals surface area contributed by atoms with E-state index in [0.29, 0.717) is 24.5 Å². The van der Waals surface area contributed by atoms with Crippen LogP contribution in [-0.2, 0) is 4.74 Å². The second-order valence-corrected chi connectivity index (χ2v) is 6.82. The monoisotopic (exact) mass is 394 g/mol. The van der Waals surface area contributed by atoms with E-state index in [2.05, 4.69) is 26.7 Å². The molecule has 0 unspecified atom stereocenters. The summed E-state index contributed by atoms with van der Waals surface area (Å²) in [7, 11) is 0. The summed E-state index contributed by atoms with van der Waals surface area (Å²) in [6.07, 6.45) is 10.9. The highest BCUT2D eigenvalue weighted by atomic mass is 16.5. The molecule has 1 amide bonds. The van der Waals surface area contributed by atoms with E-state index in [-0.39, 0.29) is 17.6 Å². The summed E-state index contributed by atoms with van der Waals surface area (Å²) in [6, 6.07) is 6.87. The molecule has 0 fully saturated rings. The second kappa shape index (κ2) is 10.4. The van der Waals surface area contributed by atoms with Crippen LogP contribution in [-0.4, -0.2) is 35.0 Å². The van der Waals surface area contributed by atoms with Crippen LogP contribution < -0.4 is 10.6 Å². The topological polar surface area (TPSA) is 93.2 Å². The Morgan fingerprint density at radius 1 is 1.10 bits per heavy atom. The number of ether oxygens (including phenoxy) is 1. The maximum absolute atomic E-state index is 12.2. The van der Waals surface area contributed by atoms with Crippen LogP contribution in [0.2, 0.25) is 0 Å². The van der Waals surface area contributed by atoms with Gasteiger partial charge in [-0.15, -0.1) is 0 Å². The molecule has 0 saturated carbocycles. The predicted octanol–water partition coefficient (Wildman–Crippen LogP) is 4.02. The van der Waals surface area contributed by atoms with Crippen LogP contribution in [0.4, 0.5) is 11.5 Å². The van der Waals surface area contributed by atoms with E-state index in [0.717, 1.165) is 24.9 Å². The summed E-state index contributed by atoms with van der Waals surface area (Å²) >= 11 is 0. The minimum Gasteiger partial charge on any atom is -0.462 e. The van der Waals surface area contributed by atoms with Crippen molar-refractivity contribution in [2.24, 2.45) is 0 Å². The smallest absolute Gasteiger partial charge is 0.338 e. The number of amides is 1. The molecule has 7 nitrogen and oxygen atoms in total. The van der Waals surface area contributed by atoms with Gasteiger partial charge in [-0.25, -0.2) is 14.8 Å². The van der Waals surface area contributed by atoms with Gasteiger partial charge in [-0.05, 0) is 63.3 Å². The number of nitrogens with one attached hydrogen (secondary N) is 2. The van der Waals surface area contributed by atoms with Gasteiger partial charge in [-0.2, -0.15) is 0 Å². The highest BCUT2D eigenvalue weighted by Crippen LogP contribution is 2.19. The Bertz CT molecular complexity index is 861. The van der Waals surface area contributed by atoms with Crippen LogP contribution in [0, 0.1) is 0 Å². The van der Waals surface area contributed by atoms with Gasteiger partial charge in [0.1, 0.15) is 11.5 Å². The lowest BCUT2D eigenvalue weighted by atomic mass is 9.97. The second-order valence-electron chi connectivity index (χ2n) is 6.82. The fraction of sp³-hybridized carbons (Fsp3) is 0.364. The Morgan fingerprint density at radius 2 is 1.93 bits per heavy atom. The molecule has 1 aliphatic rings. The first kappa shape index (κ1) is 20.5. The molecule has 0 saturated heterocycles. The van der Waals surface area contributed by atoms with E-state index in [9.17, 15) is 9.59 Å². The number of carbonyl (C=O) groups is 2. The normalized spacial score (nSPS) is 13.3. The lowest BCUT2D eigenvalue weighted by Crippen LogP contribution is -2.26. The molecule has 1 aliphatic carbocycles. The van der Waals surface area contributed by atoms with Gasteiger partial charge in [-0.1, -0.05) is 11.6 Å². The van der Waals surface area contributed by atoms with Crippen molar-refractivity contribution in [1.29, 1.82) is 0 Å². The molecule has 0 radical (unpaired) electrons. The highest BCUT2D eigenvalue weighted by molar-refractivity contribution is 5.92. The molecule has 0 atom stereocenters. The number of allylic oxidation sites excluding steroid dienone is 1. The number of rotatable bonds is 8. The Labute approximate surface area is 170 Å². The van der Waals surface area contributed by atoms with Crippen LogP contribution in [0.25, 0.3) is 0 Å². The maximum atomic E-state index is 12.2. The summed E-state index contributed by atoms with van der Waals surface area (Å²) in [4.78, 5) is 32.3. The summed E-state index contributed by atoms with van der Waals surface area (Å²) in [5.74, 6) is -0.0639. The summed E-state index contributed by atoms with van der Waals surface area (Å²) in [5, 5.41) is 5.99. The molecule has 152 valence electrons. The first-order chi connectivity index (χ1) is 14.2. The van der Waals surface area contributed by atoms with Gasteiger partial charge in [0, 0.05) is 12.2 Å². The van der Waals surface area contributed by atoms with Crippen LogP contribution in [0.1, 0.15) is 59.9 Å². The van der Waals surface area contributed by atoms with Crippen molar-refractivity contribution in [3.8, 4) is 0 Å². The van der Waals surface area contributed by atoms with E-state index >= 15 is 0 Å². The molecular weight excluding hydrogens is 368 g/mol. The van der Waals surface area contributed by atoms with E-state index in [1.807, 2.05) is 0 Å². The molecule has 0 spiro atoms. The van der Waals surface area contributed by atoms with E-state index < -0.39 is 0 Å². The average Bonchev–Trinajstić information content (AvgIpc) is 2.75. The zero-order valence-corrected chi connectivity index (χ0v) is 16.6. The number of carbonyl (C=O) groups excluding carboxylic acids is 2. The van der Waals surface area contributed by atoms with Gasteiger partial charge in [-0.3, -0.25) is 4.79 Å². The highest BCUT2D eigenvalue weighted by Gasteiger charge is 2.10. The Balaban J connectivity index is 1.49. The average molecular weight is 394 g/mol. The van der Waals surface area contributed by atoms with Gasteiger partial charge in [0.2, 0.25) is 0 Å². The van der Waals surface area contributed by atoms with Gasteiger partial charge in [0.15, 0.2) is 0 Å². The number of anilines is 2. The SMILES string of the molecule is CCOC(=O)c1ccc(Nc2cnc(C(=O)NCCC3=CCCCC3)cn2)cc1. The van der Waals surface area contributed by atoms with Crippen molar-refractivity contribution in [3.05, 3.63) is 59.6 Å². The van der Waals surface area contributed by atoms with Crippen molar-refractivity contribution >= 4 is 23.4 Å². The standard InChI is InChI=1S/C22H26N4O3/c1-2-29-22(28)17-8-10-18(11-9-17)26-20-15-24-19(14-25-20)21(27)23-13-12-16-6-4-3-5-7-16/h6,8-11,14-15H,2-5,7,12-13H2,1H3,(H,23,27)(H,25,26). The number of hydrogen-bond acceptors (Lipinski definition) is 6. The van der Waals surface area contributed by atoms with Crippen LogP contribution in [0.15, 0.2) is 48.3 Å². The van der Waals surface area contributed by atoms with Crippen molar-refractivity contribution in [3.63, 3.8) is 0 Å². The number of aromatic nitrogens is 2. The van der Waals surface area contributed by atoms with Crippen molar-refractivity contribution in [2.45, 2.75) is 39.0 Å². The lowest BCUT2D eigenvalue weighted by Gasteiger charge is -2.12. The number of nitrogens with zero attached hydrogens (tertiary/aromatic N) is 2. The quantitative estimate of drug-likeness (QED) is 0.519. The number of benzene rings is 1. The first-order valence-electron chi connectivity index (χ1n) is 9.98. The van der Waals surface area contributed by atoms with Crippen molar-refractivity contribution in [1.82, 2.24) is 15.3 Å². The lowest BCUT2D eigenvalue weighted by molar-refractivity contribution is 0.0526. The number of hydrogen-bond donors (Lipinski definition) is 2. The largest absolute Gasteiger partial charge is 0.462 e. The molecule has 2 N–H and O–H groups in total. The first-order valence-corrected chi connectivity index (χ1v) is 9.98. The molecule has 1 aromatic heterocycles. The summed E-state index contributed by atoms with van der Waals surface area (Å²) in [5.41, 5.74) is 2.95. The van der Waals surface area contributed by atoms with Crippen LogP contribution in [0.5, 0.6) is 0 Å². The van der Waals surface area contributed by atoms with E-state index in [1.165, 1.54) is 30.8 Å². The third kappa shape index (κ3) is 6.14. The zero-order chi connectivity index (χ0) is 20.5. The molecule has 3 rings (SSSR count). The molecular formula is C22H26N4O3. The maximum Gasteiger partial charge on any atom is 0.338 e. The van der Waals surface area contributed by atoms with Crippen molar-refractivity contribution in [2.75, 3.05) is 18.5 Å². The third-order valence-corrected chi connectivity index (χ3v) is 4.67. The fourth-order valence-corrected chi connectivity index (χ4v) is 3.12. The van der Waals surface area contributed by atoms with Gasteiger partial charge in [0.25, 0.3) is 5.91 Å². The van der Waals surface area contributed by atoms with Crippen molar-refractivity contribution < 1.29 is 14.3 Å². The molecule has 0 aliphatic heterocycles. The van der Waals surface area contributed by atoms with E-state index in [4.69, 9.17) is 4.74 Å². The predicted molar refractivity (Wildman–Crippen MR) is 111 cm³/mol. The summed E-state index contributed by atoms with van der Waals surface area (Å²) in [6.45, 7) is 2.72. The Morgan fingerprint density at radius 3 is 2.59 bits per heavy atom. The number of esters is 1. The molecule has 7 heteroatoms. The van der Waals surface area contributed by atoms with E-state index in [1.54, 1.807) is 31.2 Å². The Hall–Kier alpha value is -3.22. The minimum atomic E-state index is -0.353. The minimum absolute atomic E-state index is 0.223. The zero-order valence-electron chi connectivity index (χ0n) is 16.6. The third-order valence-electron chi connectivity index (χ3n) is 4.67. The van der Waals surface area contributed by atoms with Crippen LogP contribution >= 0.6 is 0 Å². The molecule has 1 aromatic carbocycles. The van der Waals surface area contributed by atoms with Gasteiger partial charge >= 0.3 is 5.97 Å². The molecule has 0 bridgehead atoms. The Kier molecular flexibility index (Phi) is 7.33. The summed E-state index contributed by atoms with van der Waals surface area (Å²) < 4.78 is 4.96. The fourth-order valence-electron chi connectivity index (χ4n) is 3.12. The van der Waals surface area contributed by atoms with Crippen LogP contribution in [0.3, 0.4) is 0 Å². The molecule has 1 heterocycles. The molecule has 29 heavy (non-hydrogen) atoms.